The molecule has 1 aromatic rings. The minimum atomic E-state index is 0.897. The topological polar surface area (TPSA) is 0 Å². The number of alkyl halides is 1. The fraction of sp³-hybridized carbons (Fsp3) is 0.400. The highest BCUT2D eigenvalue weighted by Gasteiger charge is 2.01. The average Bonchev–Trinajstić information content (AvgIpc) is 2.01. The molecule has 0 fully saturated rings. The van der Waals surface area contributed by atoms with Crippen molar-refractivity contribution in [2.24, 2.45) is 0 Å². The van der Waals surface area contributed by atoms with E-state index in [9.17, 15) is 0 Å². The van der Waals surface area contributed by atoms with Gasteiger partial charge in [-0.25, -0.2) is 0 Å². The number of halogens is 2. The molecule has 0 nitrogen and oxygen atoms in total. The zero-order valence-corrected chi connectivity index (χ0v) is 9.67. The Morgan fingerprint density at radius 3 is 2.17 bits per heavy atom. The van der Waals surface area contributed by atoms with Gasteiger partial charge in [0.1, 0.15) is 0 Å². The maximum Gasteiger partial charge on any atom is 0.0464 e. The van der Waals surface area contributed by atoms with E-state index in [4.69, 9.17) is 11.6 Å². The third kappa shape index (κ3) is 2.24. The van der Waals surface area contributed by atoms with E-state index >= 15 is 0 Å². The van der Waals surface area contributed by atoms with Gasteiger partial charge in [0.25, 0.3) is 0 Å². The fourth-order valence-corrected chi connectivity index (χ4v) is 1.86. The molecular weight excluding hydrogens is 235 g/mol. The predicted molar refractivity (Wildman–Crippen MR) is 58.4 cm³/mol. The highest BCUT2D eigenvalue weighted by atomic mass is 79.9. The summed E-state index contributed by atoms with van der Waals surface area (Å²) in [6, 6.07) is 4.30. The second-order valence-electron chi connectivity index (χ2n) is 2.98. The summed E-state index contributed by atoms with van der Waals surface area (Å²) in [5.41, 5.74) is 3.70. The van der Waals surface area contributed by atoms with Gasteiger partial charge in [-0.3, -0.25) is 0 Å². The lowest BCUT2D eigenvalue weighted by Crippen LogP contribution is -1.90. The van der Waals surface area contributed by atoms with Crippen molar-refractivity contribution in [1.82, 2.24) is 0 Å². The van der Waals surface area contributed by atoms with Crippen LogP contribution in [0.15, 0.2) is 12.1 Å². The number of benzene rings is 1. The molecule has 0 spiro atoms. The van der Waals surface area contributed by atoms with E-state index in [0.717, 1.165) is 16.8 Å². The van der Waals surface area contributed by atoms with Crippen LogP contribution in [0, 0.1) is 13.8 Å². The Kier molecular flexibility index (Phi) is 3.60. The molecule has 0 saturated carbocycles. The van der Waals surface area contributed by atoms with Gasteiger partial charge in [0.15, 0.2) is 0 Å². The van der Waals surface area contributed by atoms with Gasteiger partial charge < -0.3 is 0 Å². The Balaban J connectivity index is 3.04. The third-order valence-corrected chi connectivity index (χ3v) is 2.87. The summed E-state index contributed by atoms with van der Waals surface area (Å²) in [6.45, 7) is 4.10. The molecule has 0 aromatic heterocycles. The lowest BCUT2D eigenvalue weighted by Gasteiger charge is -2.05. The molecule has 0 atom stereocenters. The van der Waals surface area contributed by atoms with Crippen LogP contribution in [0.5, 0.6) is 0 Å². The van der Waals surface area contributed by atoms with Crippen LogP contribution in [-0.4, -0.2) is 5.33 Å². The molecule has 0 bridgehead atoms. The first kappa shape index (κ1) is 10.1. The lowest BCUT2D eigenvalue weighted by atomic mass is 10.1. The minimum Gasteiger partial charge on any atom is -0.0924 e. The molecule has 0 heterocycles. The molecule has 1 rings (SSSR count). The van der Waals surface area contributed by atoms with Gasteiger partial charge in [0.2, 0.25) is 0 Å². The molecule has 0 radical (unpaired) electrons. The molecule has 0 aliphatic carbocycles. The van der Waals surface area contributed by atoms with Crippen LogP contribution in [0.3, 0.4) is 0 Å². The van der Waals surface area contributed by atoms with Gasteiger partial charge >= 0.3 is 0 Å². The van der Waals surface area contributed by atoms with Crippen molar-refractivity contribution in [3.8, 4) is 0 Å². The van der Waals surface area contributed by atoms with Crippen LogP contribution in [0.25, 0.3) is 0 Å². The van der Waals surface area contributed by atoms with Crippen LogP contribution >= 0.6 is 27.5 Å². The van der Waals surface area contributed by atoms with Crippen molar-refractivity contribution in [1.29, 1.82) is 0 Å². The third-order valence-electron chi connectivity index (χ3n) is 1.88. The summed E-state index contributed by atoms with van der Waals surface area (Å²) in [5.74, 6) is 0. The SMILES string of the molecule is Cc1cc(CCBr)cc(C)c1Cl. The summed E-state index contributed by atoms with van der Waals surface area (Å²) >= 11 is 9.46. The van der Waals surface area contributed by atoms with Gasteiger partial charge in [0.05, 0.1) is 0 Å². The van der Waals surface area contributed by atoms with Gasteiger partial charge in [-0.1, -0.05) is 39.7 Å². The number of hydrogen-bond donors (Lipinski definition) is 0. The normalized spacial score (nSPS) is 10.3. The van der Waals surface area contributed by atoms with Crippen LogP contribution in [0.4, 0.5) is 0 Å². The van der Waals surface area contributed by atoms with Crippen LogP contribution in [0.1, 0.15) is 16.7 Å². The molecule has 2 heteroatoms. The smallest absolute Gasteiger partial charge is 0.0464 e. The van der Waals surface area contributed by atoms with Gasteiger partial charge in [0, 0.05) is 10.4 Å². The van der Waals surface area contributed by atoms with Crippen LogP contribution < -0.4 is 0 Å². The van der Waals surface area contributed by atoms with Crippen molar-refractivity contribution in [2.45, 2.75) is 20.3 Å². The monoisotopic (exact) mass is 246 g/mol. The van der Waals surface area contributed by atoms with Crippen molar-refractivity contribution < 1.29 is 0 Å². The Bertz CT molecular complexity index is 258. The number of aryl methyl sites for hydroxylation is 3. The number of hydrogen-bond acceptors (Lipinski definition) is 0. The minimum absolute atomic E-state index is 0.897. The molecular formula is C10H12BrCl. The highest BCUT2D eigenvalue weighted by molar-refractivity contribution is 9.09. The van der Waals surface area contributed by atoms with E-state index in [1.165, 1.54) is 16.7 Å². The van der Waals surface area contributed by atoms with Crippen molar-refractivity contribution >= 4 is 27.5 Å². The average molecular weight is 248 g/mol. The van der Waals surface area contributed by atoms with Gasteiger partial charge in [-0.15, -0.1) is 0 Å². The number of rotatable bonds is 2. The quantitative estimate of drug-likeness (QED) is 0.696. The van der Waals surface area contributed by atoms with Crippen LogP contribution in [0.2, 0.25) is 5.02 Å². The zero-order valence-electron chi connectivity index (χ0n) is 7.32. The first-order valence-electron chi connectivity index (χ1n) is 3.96. The Hall–Kier alpha value is -0.0100. The molecule has 0 saturated heterocycles. The molecule has 0 amide bonds. The highest BCUT2D eigenvalue weighted by Crippen LogP contribution is 2.22. The summed E-state index contributed by atoms with van der Waals surface area (Å²) in [7, 11) is 0. The Morgan fingerprint density at radius 2 is 1.75 bits per heavy atom. The molecule has 0 unspecified atom stereocenters. The van der Waals surface area contributed by atoms with E-state index in [1.54, 1.807) is 0 Å². The first-order valence-corrected chi connectivity index (χ1v) is 5.46. The van der Waals surface area contributed by atoms with Crippen molar-refractivity contribution in [3.63, 3.8) is 0 Å². The largest absolute Gasteiger partial charge is 0.0924 e. The molecule has 66 valence electrons. The van der Waals surface area contributed by atoms with Crippen molar-refractivity contribution in [2.75, 3.05) is 5.33 Å². The molecule has 0 aliphatic heterocycles. The molecule has 0 aliphatic rings. The summed E-state index contributed by atoms with van der Waals surface area (Å²) in [4.78, 5) is 0. The molecule has 1 aromatic carbocycles. The van der Waals surface area contributed by atoms with Gasteiger partial charge in [-0.05, 0) is 37.0 Å². The lowest BCUT2D eigenvalue weighted by molar-refractivity contribution is 1.15. The standard InChI is InChI=1S/C10H12BrCl/c1-7-5-9(3-4-11)6-8(2)10(7)12/h5-6H,3-4H2,1-2H3. The second kappa shape index (κ2) is 4.29. The van der Waals surface area contributed by atoms with Gasteiger partial charge in [-0.2, -0.15) is 0 Å². The van der Waals surface area contributed by atoms with E-state index in [1.807, 2.05) is 13.8 Å². The summed E-state index contributed by atoms with van der Waals surface area (Å²) in [5, 5.41) is 1.90. The second-order valence-corrected chi connectivity index (χ2v) is 4.15. The maximum absolute atomic E-state index is 6.04. The summed E-state index contributed by atoms with van der Waals surface area (Å²) in [6.07, 6.45) is 1.07. The van der Waals surface area contributed by atoms with E-state index in [-0.39, 0.29) is 0 Å². The van der Waals surface area contributed by atoms with E-state index in [0.29, 0.717) is 0 Å². The summed E-state index contributed by atoms with van der Waals surface area (Å²) < 4.78 is 0. The van der Waals surface area contributed by atoms with E-state index in [2.05, 4.69) is 28.1 Å². The molecule has 12 heavy (non-hydrogen) atoms. The van der Waals surface area contributed by atoms with Crippen molar-refractivity contribution in [3.05, 3.63) is 33.8 Å². The van der Waals surface area contributed by atoms with Crippen LogP contribution in [-0.2, 0) is 6.42 Å². The fourth-order valence-electron chi connectivity index (χ4n) is 1.29. The Morgan fingerprint density at radius 1 is 1.25 bits per heavy atom. The van der Waals surface area contributed by atoms with E-state index < -0.39 is 0 Å². The predicted octanol–water partition coefficient (Wildman–Crippen LogP) is 3.89. The zero-order chi connectivity index (χ0) is 9.14. The molecule has 0 N–H and O–H groups in total. The maximum atomic E-state index is 6.04. The Labute approximate surface area is 87.1 Å². The first-order chi connectivity index (χ1) is 5.65.